The molecule has 136 valence electrons. The first-order valence-corrected chi connectivity index (χ1v) is 9.66. The predicted molar refractivity (Wildman–Crippen MR) is 107 cm³/mol. The Kier molecular flexibility index (Phi) is 4.54. The number of carbonyl (C=O) groups excluding carboxylic acids is 1. The zero-order valence-corrected chi connectivity index (χ0v) is 15.7. The average Bonchev–Trinajstić information content (AvgIpc) is 3.22. The zero-order chi connectivity index (χ0) is 19.0. The van der Waals surface area contributed by atoms with E-state index in [1.807, 2.05) is 25.1 Å². The monoisotopic (exact) mass is 377 g/mol. The quantitative estimate of drug-likeness (QED) is 0.680. The van der Waals surface area contributed by atoms with Crippen LogP contribution in [0.15, 0.2) is 54.6 Å². The lowest BCUT2D eigenvalue weighted by molar-refractivity contribution is 0.0696. The normalized spacial score (nSPS) is 13.4. The third-order valence-electron chi connectivity index (χ3n) is 5.07. The Labute approximate surface area is 161 Å². The first-order valence-electron chi connectivity index (χ1n) is 8.84. The van der Waals surface area contributed by atoms with Crippen LogP contribution in [0.4, 0.5) is 5.00 Å². The fourth-order valence-electron chi connectivity index (χ4n) is 3.88. The summed E-state index contributed by atoms with van der Waals surface area (Å²) in [5.41, 5.74) is 4.15. The van der Waals surface area contributed by atoms with Gasteiger partial charge < -0.3 is 10.4 Å². The van der Waals surface area contributed by atoms with Gasteiger partial charge in [-0.25, -0.2) is 4.79 Å². The van der Waals surface area contributed by atoms with E-state index in [2.05, 4.69) is 17.4 Å². The molecule has 0 spiro atoms. The second-order valence-electron chi connectivity index (χ2n) is 6.78. The molecule has 0 aliphatic heterocycles. The third-order valence-corrected chi connectivity index (χ3v) is 6.10. The lowest BCUT2D eigenvalue weighted by Gasteiger charge is -2.12. The number of hydrogen-bond donors (Lipinski definition) is 2. The summed E-state index contributed by atoms with van der Waals surface area (Å²) in [6.45, 7) is 1.94. The number of carboxylic acid groups (broad SMARTS) is 1. The lowest BCUT2D eigenvalue weighted by Crippen LogP contribution is -2.14. The fraction of sp³-hybridized carbons (Fsp3) is 0.182. The number of carboxylic acids is 1. The minimum atomic E-state index is -0.992. The van der Waals surface area contributed by atoms with Crippen LogP contribution >= 0.6 is 11.3 Å². The molecule has 1 heterocycles. The predicted octanol–water partition coefficient (Wildman–Crippen LogP) is 4.89. The number of aromatic carboxylic acids is 1. The van der Waals surface area contributed by atoms with Gasteiger partial charge in [0.2, 0.25) is 0 Å². The highest BCUT2D eigenvalue weighted by atomic mass is 32.1. The minimum absolute atomic E-state index is 0.132. The Morgan fingerprint density at radius 1 is 1.00 bits per heavy atom. The van der Waals surface area contributed by atoms with Crippen molar-refractivity contribution in [2.45, 2.75) is 25.7 Å². The molecule has 0 fully saturated rings. The van der Waals surface area contributed by atoms with Crippen LogP contribution in [0, 0.1) is 6.92 Å². The molecular weight excluding hydrogens is 358 g/mol. The summed E-state index contributed by atoms with van der Waals surface area (Å²) in [6.07, 6.45) is 1.67. The molecule has 1 aliphatic rings. The van der Waals surface area contributed by atoms with E-state index in [1.54, 1.807) is 24.3 Å². The van der Waals surface area contributed by atoms with Crippen molar-refractivity contribution in [3.05, 3.63) is 87.3 Å². The van der Waals surface area contributed by atoms with Crippen LogP contribution in [-0.4, -0.2) is 17.0 Å². The minimum Gasteiger partial charge on any atom is -0.478 e. The molecular formula is C22H19NO3S. The first-order chi connectivity index (χ1) is 13.0. The molecule has 2 N–H and O–H groups in total. The van der Waals surface area contributed by atoms with Crippen LogP contribution in [0.2, 0.25) is 0 Å². The molecule has 0 saturated carbocycles. The fourth-order valence-corrected chi connectivity index (χ4v) is 5.01. The second kappa shape index (κ2) is 7.00. The number of hydrogen-bond acceptors (Lipinski definition) is 3. The van der Waals surface area contributed by atoms with E-state index >= 15 is 0 Å². The molecule has 4 nitrogen and oxygen atoms in total. The largest absolute Gasteiger partial charge is 0.478 e. The van der Waals surface area contributed by atoms with E-state index in [1.165, 1.54) is 22.5 Å². The summed E-state index contributed by atoms with van der Waals surface area (Å²) >= 11 is 1.35. The van der Waals surface area contributed by atoms with Crippen LogP contribution in [-0.2, 0) is 12.8 Å². The number of fused-ring (bicyclic) bond motifs is 1. The van der Waals surface area contributed by atoms with Crippen LogP contribution in [0.3, 0.4) is 0 Å². The lowest BCUT2D eigenvalue weighted by atomic mass is 9.92. The number of carbonyl (C=O) groups is 2. The van der Waals surface area contributed by atoms with Crippen LogP contribution in [0.25, 0.3) is 0 Å². The average molecular weight is 377 g/mol. The highest BCUT2D eigenvalue weighted by Gasteiger charge is 2.31. The number of rotatable bonds is 4. The maximum Gasteiger partial charge on any atom is 0.339 e. The van der Waals surface area contributed by atoms with Gasteiger partial charge in [0.1, 0.15) is 5.00 Å². The van der Waals surface area contributed by atoms with Gasteiger partial charge in [-0.1, -0.05) is 42.5 Å². The van der Waals surface area contributed by atoms with Crippen LogP contribution in [0.5, 0.6) is 0 Å². The Morgan fingerprint density at radius 3 is 2.19 bits per heavy atom. The Bertz CT molecular complexity index is 998. The van der Waals surface area contributed by atoms with Crippen LogP contribution < -0.4 is 5.32 Å². The van der Waals surface area contributed by atoms with Gasteiger partial charge in [0.15, 0.2) is 0 Å². The van der Waals surface area contributed by atoms with E-state index in [4.69, 9.17) is 0 Å². The molecule has 1 aliphatic carbocycles. The summed E-state index contributed by atoms with van der Waals surface area (Å²) in [7, 11) is 0. The molecule has 2 aromatic carbocycles. The van der Waals surface area contributed by atoms with Gasteiger partial charge in [0.05, 0.1) is 5.56 Å². The summed E-state index contributed by atoms with van der Waals surface area (Å²) in [5.74, 6) is -1.15. The topological polar surface area (TPSA) is 66.4 Å². The summed E-state index contributed by atoms with van der Waals surface area (Å²) in [6, 6.07) is 17.1. The standard InChI is InChI=1S/C22H19NO3S/c1-13-18(17-11-15-9-5-6-10-16(15)12-17)19(22(25)26)21(27-13)23-20(24)14-7-3-2-4-8-14/h2-10,17H,11-12H2,1H3,(H,23,24)(H,25,26). The number of nitrogens with one attached hydrogen (secondary N) is 1. The molecule has 0 radical (unpaired) electrons. The van der Waals surface area contributed by atoms with Crippen molar-refractivity contribution < 1.29 is 14.7 Å². The van der Waals surface area contributed by atoms with Gasteiger partial charge >= 0.3 is 5.97 Å². The second-order valence-corrected chi connectivity index (χ2v) is 8.00. The molecule has 3 aromatic rings. The maximum atomic E-state index is 12.5. The molecule has 5 heteroatoms. The smallest absolute Gasteiger partial charge is 0.339 e. The summed E-state index contributed by atoms with van der Waals surface area (Å²) < 4.78 is 0. The molecule has 1 aromatic heterocycles. The van der Waals surface area contributed by atoms with Gasteiger partial charge in [-0.15, -0.1) is 11.3 Å². The van der Waals surface area contributed by atoms with Crippen molar-refractivity contribution in [1.82, 2.24) is 0 Å². The van der Waals surface area contributed by atoms with Crippen molar-refractivity contribution in [3.8, 4) is 0 Å². The molecule has 27 heavy (non-hydrogen) atoms. The van der Waals surface area contributed by atoms with Crippen molar-refractivity contribution in [3.63, 3.8) is 0 Å². The van der Waals surface area contributed by atoms with E-state index in [0.29, 0.717) is 10.6 Å². The van der Waals surface area contributed by atoms with Crippen LogP contribution in [0.1, 0.15) is 48.2 Å². The Morgan fingerprint density at radius 2 is 1.59 bits per heavy atom. The summed E-state index contributed by atoms with van der Waals surface area (Å²) in [5, 5.41) is 13.1. The molecule has 1 amide bonds. The highest BCUT2D eigenvalue weighted by molar-refractivity contribution is 7.16. The third kappa shape index (κ3) is 3.26. The molecule has 0 atom stereocenters. The number of benzene rings is 2. The van der Waals surface area contributed by atoms with Gasteiger partial charge in [0, 0.05) is 10.4 Å². The van der Waals surface area contributed by atoms with E-state index < -0.39 is 5.97 Å². The highest BCUT2D eigenvalue weighted by Crippen LogP contribution is 2.43. The van der Waals surface area contributed by atoms with E-state index in [0.717, 1.165) is 23.3 Å². The molecule has 0 bridgehead atoms. The Hall–Kier alpha value is -2.92. The Balaban J connectivity index is 1.68. The number of amides is 1. The van der Waals surface area contributed by atoms with Gasteiger partial charge in [-0.05, 0) is 54.5 Å². The molecule has 4 rings (SSSR count). The van der Waals surface area contributed by atoms with E-state index in [9.17, 15) is 14.7 Å². The molecule has 0 saturated heterocycles. The summed E-state index contributed by atoms with van der Waals surface area (Å²) in [4.78, 5) is 25.5. The number of aryl methyl sites for hydroxylation is 1. The van der Waals surface area contributed by atoms with Gasteiger partial charge in [-0.3, -0.25) is 4.79 Å². The maximum absolute atomic E-state index is 12.5. The number of anilines is 1. The van der Waals surface area contributed by atoms with Crippen molar-refractivity contribution in [2.24, 2.45) is 0 Å². The van der Waals surface area contributed by atoms with E-state index in [-0.39, 0.29) is 17.4 Å². The zero-order valence-electron chi connectivity index (χ0n) is 14.9. The SMILES string of the molecule is Cc1sc(NC(=O)c2ccccc2)c(C(=O)O)c1C1Cc2ccccc2C1. The number of thiophene rings is 1. The first kappa shape index (κ1) is 17.5. The van der Waals surface area contributed by atoms with Crippen molar-refractivity contribution in [2.75, 3.05) is 5.32 Å². The van der Waals surface area contributed by atoms with Crippen molar-refractivity contribution in [1.29, 1.82) is 0 Å². The van der Waals surface area contributed by atoms with Gasteiger partial charge in [-0.2, -0.15) is 0 Å². The molecule has 0 unspecified atom stereocenters. The van der Waals surface area contributed by atoms with Gasteiger partial charge in [0.25, 0.3) is 5.91 Å². The van der Waals surface area contributed by atoms with Crippen molar-refractivity contribution >= 4 is 28.2 Å².